The molecule has 106 valence electrons. The Hall–Kier alpha value is -1.50. The molecule has 1 aromatic carbocycles. The van der Waals surface area contributed by atoms with Crippen molar-refractivity contribution >= 4 is 29.3 Å². The van der Waals surface area contributed by atoms with Gasteiger partial charge in [0, 0.05) is 16.3 Å². The van der Waals surface area contributed by atoms with Gasteiger partial charge in [-0.15, -0.1) is 11.8 Å². The number of halogens is 1. The summed E-state index contributed by atoms with van der Waals surface area (Å²) in [6.07, 6.45) is 1.62. The number of aromatic nitrogens is 1. The highest BCUT2D eigenvalue weighted by atomic mass is 35.5. The van der Waals surface area contributed by atoms with Crippen LogP contribution in [0.4, 0.5) is 0 Å². The Morgan fingerprint density at radius 1 is 1.55 bits per heavy atom. The zero-order valence-corrected chi connectivity index (χ0v) is 12.0. The standard InChI is InChI=1S/C13H13ClN2O3S/c14-9-3-1-2-8(4-9)11-5-16-12(19-11)7-20-6-10(15)13(17)18/h1-5,10H,6-7,15H2,(H,17,18)/t10-/m0/s1. The minimum absolute atomic E-state index is 0.310. The van der Waals surface area contributed by atoms with Gasteiger partial charge in [-0.05, 0) is 12.1 Å². The van der Waals surface area contributed by atoms with Gasteiger partial charge >= 0.3 is 5.97 Å². The van der Waals surface area contributed by atoms with E-state index in [1.54, 1.807) is 18.3 Å². The topological polar surface area (TPSA) is 89.4 Å². The highest BCUT2D eigenvalue weighted by Gasteiger charge is 2.12. The van der Waals surface area contributed by atoms with E-state index in [1.165, 1.54) is 11.8 Å². The number of nitrogens with two attached hydrogens (primary N) is 1. The quantitative estimate of drug-likeness (QED) is 0.852. The second-order valence-electron chi connectivity index (χ2n) is 4.09. The van der Waals surface area contributed by atoms with Gasteiger partial charge in [0.05, 0.1) is 11.9 Å². The fraction of sp³-hybridized carbons (Fsp3) is 0.231. The Kier molecular flexibility index (Phi) is 5.05. The molecule has 0 amide bonds. The third kappa shape index (κ3) is 4.00. The zero-order valence-electron chi connectivity index (χ0n) is 10.5. The number of thioether (sulfide) groups is 1. The van der Waals surface area contributed by atoms with Gasteiger partial charge in [0.1, 0.15) is 6.04 Å². The van der Waals surface area contributed by atoms with Crippen molar-refractivity contribution in [3.05, 3.63) is 41.4 Å². The number of nitrogens with zero attached hydrogens (tertiary/aromatic N) is 1. The van der Waals surface area contributed by atoms with Gasteiger partial charge in [0.2, 0.25) is 5.89 Å². The van der Waals surface area contributed by atoms with Gasteiger partial charge in [-0.25, -0.2) is 4.98 Å². The number of carbonyl (C=O) groups is 1. The van der Waals surface area contributed by atoms with E-state index in [0.29, 0.717) is 28.2 Å². The molecule has 0 radical (unpaired) electrons. The smallest absolute Gasteiger partial charge is 0.321 e. The first-order valence-corrected chi connectivity index (χ1v) is 7.36. The molecule has 0 aliphatic rings. The van der Waals surface area contributed by atoms with Crippen molar-refractivity contribution in [2.45, 2.75) is 11.8 Å². The molecule has 2 aromatic rings. The number of carboxylic acids is 1. The first-order chi connectivity index (χ1) is 9.56. The molecule has 0 aliphatic heterocycles. The summed E-state index contributed by atoms with van der Waals surface area (Å²) in [5.41, 5.74) is 6.26. The summed E-state index contributed by atoms with van der Waals surface area (Å²) < 4.78 is 5.59. The third-order valence-corrected chi connectivity index (χ3v) is 3.78. The molecule has 0 saturated carbocycles. The SMILES string of the molecule is N[C@@H](CSCc1ncc(-c2cccc(Cl)c2)o1)C(=O)O. The van der Waals surface area contributed by atoms with Crippen molar-refractivity contribution in [2.24, 2.45) is 5.73 Å². The van der Waals surface area contributed by atoms with Crippen LogP contribution < -0.4 is 5.73 Å². The van der Waals surface area contributed by atoms with Crippen molar-refractivity contribution in [3.8, 4) is 11.3 Å². The molecule has 0 spiro atoms. The van der Waals surface area contributed by atoms with Crippen molar-refractivity contribution in [2.75, 3.05) is 5.75 Å². The van der Waals surface area contributed by atoms with Crippen LogP contribution in [0.1, 0.15) is 5.89 Å². The Bertz CT molecular complexity index is 603. The Balaban J connectivity index is 1.94. The maximum Gasteiger partial charge on any atom is 0.321 e. The van der Waals surface area contributed by atoms with Crippen molar-refractivity contribution in [1.82, 2.24) is 4.98 Å². The fourth-order valence-corrected chi connectivity index (χ4v) is 2.51. The van der Waals surface area contributed by atoms with E-state index in [1.807, 2.05) is 12.1 Å². The lowest BCUT2D eigenvalue weighted by Crippen LogP contribution is -2.32. The Morgan fingerprint density at radius 2 is 2.35 bits per heavy atom. The molecule has 0 bridgehead atoms. The minimum Gasteiger partial charge on any atom is -0.480 e. The monoisotopic (exact) mass is 312 g/mol. The lowest BCUT2D eigenvalue weighted by molar-refractivity contribution is -0.137. The van der Waals surface area contributed by atoms with Gasteiger partial charge in [0.15, 0.2) is 5.76 Å². The summed E-state index contributed by atoms with van der Waals surface area (Å²) in [5.74, 6) is 0.934. The Labute approximate surface area is 125 Å². The van der Waals surface area contributed by atoms with E-state index in [9.17, 15) is 4.79 Å². The summed E-state index contributed by atoms with van der Waals surface area (Å²) in [7, 11) is 0. The molecule has 1 aromatic heterocycles. The number of rotatable bonds is 6. The van der Waals surface area contributed by atoms with Gasteiger partial charge in [-0.1, -0.05) is 23.7 Å². The van der Waals surface area contributed by atoms with Crippen molar-refractivity contribution in [1.29, 1.82) is 0 Å². The average molecular weight is 313 g/mol. The molecule has 20 heavy (non-hydrogen) atoms. The number of benzene rings is 1. The molecular weight excluding hydrogens is 300 g/mol. The predicted octanol–water partition coefficient (Wildman–Crippen LogP) is 2.64. The number of hydrogen-bond acceptors (Lipinski definition) is 5. The molecule has 0 fully saturated rings. The summed E-state index contributed by atoms with van der Waals surface area (Å²) in [4.78, 5) is 14.7. The maximum atomic E-state index is 10.6. The fourth-order valence-electron chi connectivity index (χ4n) is 1.50. The molecule has 7 heteroatoms. The van der Waals surface area contributed by atoms with Crippen LogP contribution in [0.25, 0.3) is 11.3 Å². The van der Waals surface area contributed by atoms with Crippen LogP contribution in [-0.4, -0.2) is 27.9 Å². The molecule has 5 nitrogen and oxygen atoms in total. The Morgan fingerprint density at radius 3 is 3.05 bits per heavy atom. The predicted molar refractivity (Wildman–Crippen MR) is 78.7 cm³/mol. The van der Waals surface area contributed by atoms with Crippen LogP contribution >= 0.6 is 23.4 Å². The van der Waals surface area contributed by atoms with Crippen molar-refractivity contribution in [3.63, 3.8) is 0 Å². The summed E-state index contributed by atoms with van der Waals surface area (Å²) >= 11 is 7.28. The molecule has 1 atom stereocenters. The summed E-state index contributed by atoms with van der Waals surface area (Å²) in [6.45, 7) is 0. The normalized spacial score (nSPS) is 12.3. The van der Waals surface area contributed by atoms with E-state index in [2.05, 4.69) is 4.98 Å². The van der Waals surface area contributed by atoms with Crippen LogP contribution in [-0.2, 0) is 10.5 Å². The largest absolute Gasteiger partial charge is 0.480 e. The second-order valence-corrected chi connectivity index (χ2v) is 5.56. The molecular formula is C13H13ClN2O3S. The maximum absolute atomic E-state index is 10.6. The van der Waals surface area contributed by atoms with Gasteiger partial charge in [-0.3, -0.25) is 4.79 Å². The van der Waals surface area contributed by atoms with E-state index in [4.69, 9.17) is 26.9 Å². The summed E-state index contributed by atoms with van der Waals surface area (Å²) in [6, 6.07) is 6.41. The van der Waals surface area contributed by atoms with Crippen LogP contribution in [0.15, 0.2) is 34.9 Å². The number of oxazole rings is 1. The van der Waals surface area contributed by atoms with Gasteiger partial charge < -0.3 is 15.3 Å². The molecule has 2 rings (SSSR count). The average Bonchev–Trinajstić information content (AvgIpc) is 2.87. The molecule has 0 unspecified atom stereocenters. The number of aliphatic carboxylic acids is 1. The molecule has 1 heterocycles. The first-order valence-electron chi connectivity index (χ1n) is 5.83. The first kappa shape index (κ1) is 14.9. The number of hydrogen-bond donors (Lipinski definition) is 2. The number of carboxylic acid groups (broad SMARTS) is 1. The highest BCUT2D eigenvalue weighted by molar-refractivity contribution is 7.98. The van der Waals surface area contributed by atoms with Gasteiger partial charge in [0.25, 0.3) is 0 Å². The lowest BCUT2D eigenvalue weighted by Gasteiger charge is -2.03. The van der Waals surface area contributed by atoms with E-state index in [-0.39, 0.29) is 0 Å². The molecule has 0 aliphatic carbocycles. The van der Waals surface area contributed by atoms with Crippen LogP contribution in [0, 0.1) is 0 Å². The second kappa shape index (κ2) is 6.78. The molecule has 0 saturated heterocycles. The van der Waals surface area contributed by atoms with Crippen molar-refractivity contribution < 1.29 is 14.3 Å². The minimum atomic E-state index is -1.01. The molecule has 3 N–H and O–H groups in total. The summed E-state index contributed by atoms with van der Waals surface area (Å²) in [5, 5.41) is 9.30. The third-order valence-electron chi connectivity index (χ3n) is 2.50. The van der Waals surface area contributed by atoms with Crippen LogP contribution in [0.2, 0.25) is 5.02 Å². The van der Waals surface area contributed by atoms with Crippen LogP contribution in [0.3, 0.4) is 0 Å². The lowest BCUT2D eigenvalue weighted by atomic mass is 10.2. The van der Waals surface area contributed by atoms with Gasteiger partial charge in [-0.2, -0.15) is 0 Å². The highest BCUT2D eigenvalue weighted by Crippen LogP contribution is 2.24. The zero-order chi connectivity index (χ0) is 14.5. The van der Waals surface area contributed by atoms with E-state index in [0.717, 1.165) is 5.56 Å². The van der Waals surface area contributed by atoms with E-state index >= 15 is 0 Å². The van der Waals surface area contributed by atoms with Crippen LogP contribution in [0.5, 0.6) is 0 Å². The van der Waals surface area contributed by atoms with E-state index < -0.39 is 12.0 Å².